The topological polar surface area (TPSA) is 71.1 Å². The van der Waals surface area contributed by atoms with Crippen LogP contribution in [0, 0.1) is 45.3 Å². The minimum Gasteiger partial charge on any atom is -0.381 e. The summed E-state index contributed by atoms with van der Waals surface area (Å²) in [5.41, 5.74) is 10.7. The molecule has 12 atom stereocenters. The summed E-state index contributed by atoms with van der Waals surface area (Å²) in [6.45, 7) is 8.84. The van der Waals surface area contributed by atoms with E-state index in [1.807, 2.05) is 38.5 Å². The first-order chi connectivity index (χ1) is 40.2. The average Bonchev–Trinajstić information content (AvgIpc) is 3.99. The quantitative estimate of drug-likeness (QED) is 0.175. The van der Waals surface area contributed by atoms with Gasteiger partial charge in [-0.1, -0.05) is 154 Å². The molecule has 0 saturated heterocycles. The van der Waals surface area contributed by atoms with E-state index < -0.39 is 0 Å². The number of fused-ring (bicyclic) bond motifs is 4. The molecule has 10 heteroatoms. The number of carbonyl (C=O) groups excluding carboxylic acids is 2. The maximum absolute atomic E-state index is 12.9. The fourth-order valence-electron chi connectivity index (χ4n) is 16.6. The number of ketones is 2. The molecule has 4 fully saturated rings. The smallest absolute Gasteiger partial charge is 0.169 e. The highest BCUT2D eigenvalue weighted by Gasteiger charge is 2.52. The summed E-state index contributed by atoms with van der Waals surface area (Å²) < 4.78 is 58.8. The predicted molar refractivity (Wildman–Crippen MR) is 342 cm³/mol. The molecule has 4 spiro atoms. The Balaban J connectivity index is 0.000000134. The van der Waals surface area contributed by atoms with Crippen LogP contribution < -0.4 is 0 Å². The first-order valence-corrected chi connectivity index (χ1v) is 33.1. The lowest BCUT2D eigenvalue weighted by molar-refractivity contribution is -0.0146. The normalized spacial score (nSPS) is 33.2. The molecular formula is C70H88Br4O6. The fourth-order valence-corrected chi connectivity index (χ4v) is 18.0. The summed E-state index contributed by atoms with van der Waals surface area (Å²) in [6.07, 6.45) is 21.5. The van der Waals surface area contributed by atoms with Gasteiger partial charge in [0.2, 0.25) is 0 Å². The summed E-state index contributed by atoms with van der Waals surface area (Å²) in [7, 11) is 7.22. The van der Waals surface area contributed by atoms with Gasteiger partial charge in [-0.05, 0) is 230 Å². The Labute approximate surface area is 519 Å². The lowest BCUT2D eigenvalue weighted by atomic mass is 9.64. The van der Waals surface area contributed by atoms with Crippen molar-refractivity contribution in [2.75, 3.05) is 28.4 Å². The van der Waals surface area contributed by atoms with Gasteiger partial charge in [0.05, 0.1) is 29.9 Å². The maximum atomic E-state index is 12.9. The first-order valence-electron chi connectivity index (χ1n) is 31.9. The molecule has 0 aromatic heterocycles. The van der Waals surface area contributed by atoms with Crippen molar-refractivity contribution in [2.45, 2.75) is 181 Å². The third-order valence-corrected chi connectivity index (χ3v) is 23.1. The first kappa shape index (κ1) is 56.6. The van der Waals surface area contributed by atoms with E-state index in [1.54, 1.807) is 14.2 Å². The van der Waals surface area contributed by atoms with E-state index in [-0.39, 0.29) is 34.7 Å². The van der Waals surface area contributed by atoms with Crippen LogP contribution in [-0.4, -0.2) is 64.4 Å². The van der Waals surface area contributed by atoms with Gasteiger partial charge in [0, 0.05) is 68.3 Å². The standard InChI is InChI=1S/2C18H23BrO.2C17H21BrO2/c2*1-4-13-10-18(8-7-17(13)20-3)11-14-5-6-15(19)9-16(14)12(18)2;2*1-3-11-9-17(7-6-15(11)20-2)10-12-4-5-13(18)8-14(12)16(17)19/h2*5-6,9,13,17H,2,4,7-8,10-11H2,1,3H3;2*4-5,8,11,15H,3,6-7,9-10H2,1-2H3/t2*13-,17-,18-;2*11-,15-,17-/m1010/s1/i2*2D2;;. The Kier molecular flexibility index (Phi) is 18.4. The van der Waals surface area contributed by atoms with Gasteiger partial charge in [-0.25, -0.2) is 0 Å². The summed E-state index contributed by atoms with van der Waals surface area (Å²) in [5, 5.41) is 0. The van der Waals surface area contributed by atoms with Gasteiger partial charge in [0.15, 0.2) is 11.6 Å². The molecule has 0 bridgehead atoms. The Bertz CT molecular complexity index is 2920. The predicted octanol–water partition coefficient (Wildman–Crippen LogP) is 19.3. The fraction of sp³-hybridized carbons (Fsp3) is 0.571. The third kappa shape index (κ3) is 12.2. The van der Waals surface area contributed by atoms with Crippen LogP contribution in [0.5, 0.6) is 0 Å². The van der Waals surface area contributed by atoms with Crippen molar-refractivity contribution in [1.82, 2.24) is 0 Å². The third-order valence-electron chi connectivity index (χ3n) is 21.1. The zero-order valence-corrected chi connectivity index (χ0v) is 55.0. The molecule has 432 valence electrons. The molecule has 0 amide bonds. The summed E-state index contributed by atoms with van der Waals surface area (Å²) in [4.78, 5) is 25.8. The van der Waals surface area contributed by atoms with Gasteiger partial charge < -0.3 is 18.9 Å². The second-order valence-corrected chi connectivity index (χ2v) is 28.8. The Morgan fingerprint density at radius 1 is 0.425 bits per heavy atom. The lowest BCUT2D eigenvalue weighted by Gasteiger charge is -2.43. The number of hydrogen-bond acceptors (Lipinski definition) is 6. The van der Waals surface area contributed by atoms with Crippen molar-refractivity contribution in [3.05, 3.63) is 148 Å². The monoisotopic (exact) mass is 1340 g/mol. The molecule has 4 aromatic carbocycles. The van der Waals surface area contributed by atoms with Crippen LogP contribution in [0.4, 0.5) is 0 Å². The van der Waals surface area contributed by atoms with Crippen LogP contribution >= 0.6 is 63.7 Å². The largest absolute Gasteiger partial charge is 0.381 e. The van der Waals surface area contributed by atoms with Crippen LogP contribution in [0.2, 0.25) is 0 Å². The highest BCUT2D eigenvalue weighted by molar-refractivity contribution is 9.11. The molecular weight excluding hydrogens is 1260 g/mol. The molecule has 0 heterocycles. The number of Topliss-reactive ketones (excluding diaryl/α,β-unsaturated/α-hetero) is 2. The summed E-state index contributed by atoms with van der Waals surface area (Å²) in [5.74, 6) is 2.78. The van der Waals surface area contributed by atoms with Crippen LogP contribution in [0.1, 0.15) is 190 Å². The molecule has 80 heavy (non-hydrogen) atoms. The van der Waals surface area contributed by atoms with Crippen molar-refractivity contribution >= 4 is 86.4 Å². The van der Waals surface area contributed by atoms with Gasteiger partial charge in [0.1, 0.15) is 0 Å². The van der Waals surface area contributed by atoms with Crippen molar-refractivity contribution < 1.29 is 34.0 Å². The Hall–Kier alpha value is -2.54. The number of allylic oxidation sites excluding steroid dienone is 2. The second kappa shape index (κ2) is 26.0. The number of benzene rings is 4. The van der Waals surface area contributed by atoms with Crippen LogP contribution in [0.3, 0.4) is 0 Å². The summed E-state index contributed by atoms with van der Waals surface area (Å²) in [6, 6.07) is 24.9. The SMILES string of the molecule is CC[C@@H]1C[C@]2(CC[C@H]1OC)Cc1ccc(Br)cc1C2=O.CC[C@H]1C[C@@]2(CC[C@@H]1OC)Cc1ccc(Br)cc1C2=O.[2H]C([2H])=C1c2cc(Br)ccc2C[C@@]12CC[C@H](OC)[C@@H](CC)C2.[2H]C([2H])=C1c2cc(Br)ccc2C[C@]12CC[C@@H](OC)[C@H](CC)C2. The second-order valence-electron chi connectivity index (χ2n) is 25.2. The van der Waals surface area contributed by atoms with E-state index in [4.69, 9.17) is 24.4 Å². The van der Waals surface area contributed by atoms with Crippen molar-refractivity contribution in [2.24, 2.45) is 45.3 Å². The molecule has 4 saturated carbocycles. The number of methoxy groups -OCH3 is 4. The average molecular weight is 1350 g/mol. The number of rotatable bonds is 8. The van der Waals surface area contributed by atoms with E-state index in [1.165, 1.54) is 22.3 Å². The van der Waals surface area contributed by atoms with Gasteiger partial charge in [-0.15, -0.1) is 0 Å². The van der Waals surface area contributed by atoms with E-state index >= 15 is 0 Å². The Morgan fingerprint density at radius 2 is 0.675 bits per heavy atom. The molecule has 0 aliphatic heterocycles. The number of ether oxygens (including phenoxy) is 4. The van der Waals surface area contributed by atoms with Gasteiger partial charge in [-0.3, -0.25) is 9.59 Å². The molecule has 12 rings (SSSR count). The number of carbonyl (C=O) groups is 2. The molecule has 8 aliphatic carbocycles. The molecule has 0 N–H and O–H groups in total. The van der Waals surface area contributed by atoms with Crippen LogP contribution in [0.15, 0.2) is 104 Å². The highest BCUT2D eigenvalue weighted by Crippen LogP contribution is 2.59. The van der Waals surface area contributed by atoms with Crippen molar-refractivity contribution in [1.29, 1.82) is 0 Å². The van der Waals surface area contributed by atoms with Gasteiger partial charge in [0.25, 0.3) is 0 Å². The minimum atomic E-state index is -0.154. The highest BCUT2D eigenvalue weighted by atomic mass is 79.9. The molecule has 4 aromatic rings. The molecule has 0 unspecified atom stereocenters. The number of halogens is 4. The van der Waals surface area contributed by atoms with Crippen molar-refractivity contribution in [3.8, 4) is 0 Å². The molecule has 8 aliphatic rings. The Morgan fingerprint density at radius 3 is 0.950 bits per heavy atom. The zero-order chi connectivity index (χ0) is 60.5. The molecule has 0 radical (unpaired) electrons. The minimum absolute atomic E-state index is 0.0115. The van der Waals surface area contributed by atoms with Crippen LogP contribution in [-0.2, 0) is 44.6 Å². The van der Waals surface area contributed by atoms with E-state index in [0.717, 1.165) is 180 Å². The van der Waals surface area contributed by atoms with Crippen molar-refractivity contribution in [3.63, 3.8) is 0 Å². The van der Waals surface area contributed by atoms with Crippen LogP contribution in [0.25, 0.3) is 11.1 Å². The van der Waals surface area contributed by atoms with Gasteiger partial charge in [-0.2, -0.15) is 0 Å². The lowest BCUT2D eigenvalue weighted by Crippen LogP contribution is -2.41. The zero-order valence-electron chi connectivity index (χ0n) is 52.7. The maximum Gasteiger partial charge on any atom is 0.169 e. The summed E-state index contributed by atoms with van der Waals surface area (Å²) >= 11 is 14.0. The van der Waals surface area contributed by atoms with E-state index in [9.17, 15) is 9.59 Å². The van der Waals surface area contributed by atoms with E-state index in [2.05, 4.69) is 140 Å². The van der Waals surface area contributed by atoms with E-state index in [0.29, 0.717) is 59.7 Å². The van der Waals surface area contributed by atoms with Gasteiger partial charge >= 0.3 is 0 Å². The number of hydrogen-bond donors (Lipinski definition) is 0. The molecule has 6 nitrogen and oxygen atoms in total.